The van der Waals surface area contributed by atoms with Crippen LogP contribution in [0.5, 0.6) is 23.1 Å². The van der Waals surface area contributed by atoms with Gasteiger partial charge >= 0.3 is 0 Å². The first-order chi connectivity index (χ1) is 11.7. The monoisotopic (exact) mass is 324 g/mol. The summed E-state index contributed by atoms with van der Waals surface area (Å²) in [7, 11) is 0. The van der Waals surface area contributed by atoms with Gasteiger partial charge in [-0.3, -0.25) is 0 Å². The molecule has 1 aromatic heterocycles. The lowest BCUT2D eigenvalue weighted by molar-refractivity contribution is 0.343. The van der Waals surface area contributed by atoms with Gasteiger partial charge < -0.3 is 9.47 Å². The predicted octanol–water partition coefficient (Wildman–Crippen LogP) is 4.82. The predicted molar refractivity (Wildman–Crippen MR) is 83.9 cm³/mol. The number of nitrogens with zero attached hydrogens (tertiary/aromatic N) is 2. The van der Waals surface area contributed by atoms with Gasteiger partial charge in [-0.15, -0.1) is 10.2 Å². The van der Waals surface area contributed by atoms with Gasteiger partial charge in [-0.05, 0) is 35.9 Å². The zero-order valence-electron chi connectivity index (χ0n) is 12.2. The molecule has 0 aliphatic carbocycles. The van der Waals surface area contributed by atoms with E-state index in [0.717, 1.165) is 6.07 Å². The van der Waals surface area contributed by atoms with Crippen molar-refractivity contribution in [3.8, 4) is 23.1 Å². The first-order valence-electron chi connectivity index (χ1n) is 7.14. The Hall–Kier alpha value is -3.28. The molecule has 1 aliphatic heterocycles. The van der Waals surface area contributed by atoms with E-state index >= 15 is 0 Å². The van der Waals surface area contributed by atoms with Crippen LogP contribution >= 0.6 is 0 Å². The molecule has 0 amide bonds. The van der Waals surface area contributed by atoms with E-state index in [9.17, 15) is 8.78 Å². The lowest BCUT2D eigenvalue weighted by Gasteiger charge is -2.18. The molecular weight excluding hydrogens is 314 g/mol. The zero-order valence-corrected chi connectivity index (χ0v) is 12.2. The minimum Gasteiger partial charge on any atom is -0.448 e. The van der Waals surface area contributed by atoms with Gasteiger partial charge in [0, 0.05) is 12.1 Å². The van der Waals surface area contributed by atoms with Gasteiger partial charge in [0.15, 0.2) is 17.2 Å². The standard InChI is InChI=1S/C18H10F2N2O2/c19-12-7-11(8-13(20)9-12)5-6-14-10-17-18(22-21-14)24-16-4-2-1-3-15(16)23-17/h1-10H. The van der Waals surface area contributed by atoms with Gasteiger partial charge in [-0.2, -0.15) is 0 Å². The molecule has 0 spiro atoms. The van der Waals surface area contributed by atoms with Gasteiger partial charge in [0.2, 0.25) is 0 Å². The number of ether oxygens (including phenoxy) is 2. The van der Waals surface area contributed by atoms with Crippen LogP contribution in [0.3, 0.4) is 0 Å². The minimum absolute atomic E-state index is 0.266. The Kier molecular flexibility index (Phi) is 3.42. The molecule has 4 rings (SSSR count). The van der Waals surface area contributed by atoms with Crippen molar-refractivity contribution in [1.82, 2.24) is 10.2 Å². The summed E-state index contributed by atoms with van der Waals surface area (Å²) in [5, 5.41) is 7.96. The Morgan fingerprint density at radius 1 is 0.750 bits per heavy atom. The Balaban J connectivity index is 1.61. The summed E-state index contributed by atoms with van der Waals surface area (Å²) in [4.78, 5) is 0. The lowest BCUT2D eigenvalue weighted by Crippen LogP contribution is -2.02. The number of fused-ring (bicyclic) bond motifs is 2. The molecule has 3 aromatic rings. The quantitative estimate of drug-likeness (QED) is 0.530. The largest absolute Gasteiger partial charge is 0.448 e. The van der Waals surface area contributed by atoms with E-state index in [1.54, 1.807) is 30.4 Å². The fourth-order valence-corrected chi connectivity index (χ4v) is 2.30. The number of benzene rings is 2. The normalized spacial score (nSPS) is 12.2. The van der Waals surface area contributed by atoms with Crippen molar-refractivity contribution < 1.29 is 18.3 Å². The summed E-state index contributed by atoms with van der Waals surface area (Å²) < 4.78 is 37.7. The van der Waals surface area contributed by atoms with Crippen LogP contribution in [0.2, 0.25) is 0 Å². The fraction of sp³-hybridized carbons (Fsp3) is 0. The Morgan fingerprint density at radius 3 is 2.21 bits per heavy atom. The number of halogens is 2. The number of hydrogen-bond donors (Lipinski definition) is 0. The molecule has 6 heteroatoms. The van der Waals surface area contributed by atoms with Gasteiger partial charge in [0.05, 0.1) is 5.69 Å². The second kappa shape index (κ2) is 5.73. The van der Waals surface area contributed by atoms with Crippen LogP contribution in [-0.4, -0.2) is 10.2 Å². The summed E-state index contributed by atoms with van der Waals surface area (Å²) in [6.45, 7) is 0. The first-order valence-corrected chi connectivity index (χ1v) is 7.14. The summed E-state index contributed by atoms with van der Waals surface area (Å²) in [5.41, 5.74) is 0.857. The third kappa shape index (κ3) is 2.81. The lowest BCUT2D eigenvalue weighted by atomic mass is 10.2. The van der Waals surface area contributed by atoms with Crippen molar-refractivity contribution in [1.29, 1.82) is 0 Å². The van der Waals surface area contributed by atoms with E-state index in [-0.39, 0.29) is 5.88 Å². The van der Waals surface area contributed by atoms with Crippen molar-refractivity contribution in [3.63, 3.8) is 0 Å². The van der Waals surface area contributed by atoms with Crippen molar-refractivity contribution >= 4 is 12.2 Å². The molecule has 0 fully saturated rings. The van der Waals surface area contributed by atoms with Gasteiger partial charge in [0.1, 0.15) is 11.6 Å². The SMILES string of the molecule is Fc1cc(F)cc(C=Cc2cc3c(nn2)Oc2ccccc2O3)c1. The smallest absolute Gasteiger partial charge is 0.282 e. The molecule has 1 aliphatic rings. The molecule has 0 saturated carbocycles. The molecule has 0 saturated heterocycles. The topological polar surface area (TPSA) is 44.2 Å². The summed E-state index contributed by atoms with van der Waals surface area (Å²) in [6, 6.07) is 12.1. The van der Waals surface area contributed by atoms with Crippen LogP contribution in [0.25, 0.3) is 12.2 Å². The van der Waals surface area contributed by atoms with E-state index < -0.39 is 11.6 Å². The molecule has 2 heterocycles. The maximum Gasteiger partial charge on any atom is 0.282 e. The van der Waals surface area contributed by atoms with Crippen molar-refractivity contribution in [3.05, 3.63) is 71.4 Å². The van der Waals surface area contributed by atoms with Gasteiger partial charge in [0.25, 0.3) is 5.88 Å². The van der Waals surface area contributed by atoms with E-state index in [0.29, 0.717) is 28.5 Å². The van der Waals surface area contributed by atoms with Crippen LogP contribution in [-0.2, 0) is 0 Å². The van der Waals surface area contributed by atoms with Crippen molar-refractivity contribution in [2.24, 2.45) is 0 Å². The number of hydrogen-bond acceptors (Lipinski definition) is 4. The number of para-hydroxylation sites is 2. The molecule has 0 unspecified atom stereocenters. The molecule has 0 bridgehead atoms. The van der Waals surface area contributed by atoms with Crippen molar-refractivity contribution in [2.45, 2.75) is 0 Å². The van der Waals surface area contributed by atoms with E-state index in [1.807, 2.05) is 12.1 Å². The summed E-state index contributed by atoms with van der Waals surface area (Å²) >= 11 is 0. The highest BCUT2D eigenvalue weighted by atomic mass is 19.1. The maximum atomic E-state index is 13.2. The maximum absolute atomic E-state index is 13.2. The molecule has 4 nitrogen and oxygen atoms in total. The van der Waals surface area contributed by atoms with Crippen LogP contribution in [0.4, 0.5) is 8.78 Å². The highest BCUT2D eigenvalue weighted by Gasteiger charge is 2.20. The highest BCUT2D eigenvalue weighted by molar-refractivity contribution is 5.69. The molecular formula is C18H10F2N2O2. The molecule has 24 heavy (non-hydrogen) atoms. The van der Waals surface area contributed by atoms with Crippen molar-refractivity contribution in [2.75, 3.05) is 0 Å². The molecule has 0 radical (unpaired) electrons. The third-order valence-electron chi connectivity index (χ3n) is 3.35. The average Bonchev–Trinajstić information content (AvgIpc) is 2.57. The summed E-state index contributed by atoms with van der Waals surface area (Å²) in [6.07, 6.45) is 3.13. The number of aromatic nitrogens is 2. The molecule has 118 valence electrons. The fourth-order valence-electron chi connectivity index (χ4n) is 2.30. The molecule has 0 N–H and O–H groups in total. The van der Waals surface area contributed by atoms with Gasteiger partial charge in [-0.1, -0.05) is 18.2 Å². The van der Waals surface area contributed by atoms with Crippen LogP contribution in [0, 0.1) is 11.6 Å². The molecule has 2 aromatic carbocycles. The van der Waals surface area contributed by atoms with Crippen LogP contribution < -0.4 is 9.47 Å². The summed E-state index contributed by atoms with van der Waals surface area (Å²) in [5.74, 6) is 0.563. The first kappa shape index (κ1) is 14.3. The Bertz CT molecular complexity index is 937. The Labute approximate surface area is 136 Å². The number of rotatable bonds is 2. The van der Waals surface area contributed by atoms with E-state index in [4.69, 9.17) is 9.47 Å². The van der Waals surface area contributed by atoms with Crippen LogP contribution in [0.15, 0.2) is 48.5 Å². The molecule has 0 atom stereocenters. The third-order valence-corrected chi connectivity index (χ3v) is 3.35. The second-order valence-corrected chi connectivity index (χ2v) is 5.13. The van der Waals surface area contributed by atoms with E-state index in [2.05, 4.69) is 10.2 Å². The highest BCUT2D eigenvalue weighted by Crippen LogP contribution is 2.43. The second-order valence-electron chi connectivity index (χ2n) is 5.13. The minimum atomic E-state index is -0.639. The average molecular weight is 324 g/mol. The van der Waals surface area contributed by atoms with Crippen LogP contribution in [0.1, 0.15) is 11.3 Å². The van der Waals surface area contributed by atoms with Gasteiger partial charge in [-0.25, -0.2) is 8.78 Å². The van der Waals surface area contributed by atoms with E-state index in [1.165, 1.54) is 12.1 Å². The zero-order chi connectivity index (χ0) is 16.5. The Morgan fingerprint density at radius 2 is 1.46 bits per heavy atom.